The SMILES string of the molecule is CC(C)(C)CC(C)(C)NC(=O)CBr. The van der Waals surface area contributed by atoms with Crippen LogP contribution in [-0.4, -0.2) is 16.8 Å². The van der Waals surface area contributed by atoms with E-state index in [1.807, 2.05) is 0 Å². The molecule has 0 atom stereocenters. The van der Waals surface area contributed by atoms with E-state index in [-0.39, 0.29) is 16.9 Å². The number of halogens is 1. The summed E-state index contributed by atoms with van der Waals surface area (Å²) in [5, 5.41) is 3.35. The van der Waals surface area contributed by atoms with Gasteiger partial charge in [-0.3, -0.25) is 4.79 Å². The van der Waals surface area contributed by atoms with Crippen molar-refractivity contribution < 1.29 is 4.79 Å². The molecule has 0 saturated heterocycles. The molecule has 0 radical (unpaired) electrons. The van der Waals surface area contributed by atoms with E-state index in [0.717, 1.165) is 6.42 Å². The third-order valence-corrected chi connectivity index (χ3v) is 2.08. The molecule has 1 N–H and O–H groups in total. The third-order valence-electron chi connectivity index (χ3n) is 1.57. The highest BCUT2D eigenvalue weighted by atomic mass is 79.9. The first-order valence-corrected chi connectivity index (χ1v) is 5.65. The minimum Gasteiger partial charge on any atom is -0.350 e. The molecule has 0 aliphatic rings. The molecule has 1 amide bonds. The van der Waals surface area contributed by atoms with Crippen molar-refractivity contribution in [3.63, 3.8) is 0 Å². The van der Waals surface area contributed by atoms with Crippen molar-refractivity contribution in [2.45, 2.75) is 46.6 Å². The second-order valence-electron chi connectivity index (χ2n) is 5.30. The number of carbonyl (C=O) groups is 1. The Bertz CT molecular complexity index is 182. The zero-order valence-electron chi connectivity index (χ0n) is 9.20. The van der Waals surface area contributed by atoms with Gasteiger partial charge in [-0.2, -0.15) is 0 Å². The smallest absolute Gasteiger partial charge is 0.231 e. The molecule has 2 nitrogen and oxygen atoms in total. The molecule has 0 aliphatic carbocycles. The van der Waals surface area contributed by atoms with Gasteiger partial charge in [-0.15, -0.1) is 0 Å². The molecule has 0 aromatic carbocycles. The molecule has 0 heterocycles. The van der Waals surface area contributed by atoms with Gasteiger partial charge < -0.3 is 5.32 Å². The van der Waals surface area contributed by atoms with Crippen LogP contribution in [-0.2, 0) is 4.79 Å². The van der Waals surface area contributed by atoms with Crippen LogP contribution in [0.4, 0.5) is 0 Å². The van der Waals surface area contributed by atoms with Crippen molar-refractivity contribution in [2.75, 3.05) is 5.33 Å². The molecule has 0 aromatic rings. The minimum absolute atomic E-state index is 0.0502. The standard InChI is InChI=1S/C10H20BrNO/c1-9(2,3)7-10(4,5)12-8(13)6-11/h6-7H2,1-5H3,(H,12,13). The Kier molecular flexibility index (Phi) is 4.43. The van der Waals surface area contributed by atoms with E-state index in [9.17, 15) is 4.79 Å². The van der Waals surface area contributed by atoms with Crippen LogP contribution >= 0.6 is 15.9 Å². The van der Waals surface area contributed by atoms with E-state index < -0.39 is 0 Å². The summed E-state index contributed by atoms with van der Waals surface area (Å²) >= 11 is 3.14. The van der Waals surface area contributed by atoms with Gasteiger partial charge in [0.2, 0.25) is 5.91 Å². The summed E-state index contributed by atoms with van der Waals surface area (Å²) in [6, 6.07) is 0. The molecule has 0 spiro atoms. The molecule has 3 heteroatoms. The lowest BCUT2D eigenvalue weighted by Gasteiger charge is -2.33. The van der Waals surface area contributed by atoms with E-state index in [2.05, 4.69) is 55.9 Å². The molecular formula is C10H20BrNO. The molecule has 0 saturated carbocycles. The molecule has 0 rings (SSSR count). The van der Waals surface area contributed by atoms with Crippen molar-refractivity contribution in [2.24, 2.45) is 5.41 Å². The van der Waals surface area contributed by atoms with Gasteiger partial charge in [-0.05, 0) is 25.7 Å². The van der Waals surface area contributed by atoms with Gasteiger partial charge in [0.15, 0.2) is 0 Å². The van der Waals surface area contributed by atoms with Crippen LogP contribution < -0.4 is 5.32 Å². The second kappa shape index (κ2) is 4.45. The van der Waals surface area contributed by atoms with Gasteiger partial charge in [-0.1, -0.05) is 36.7 Å². The fourth-order valence-electron chi connectivity index (χ4n) is 1.78. The highest BCUT2D eigenvalue weighted by Gasteiger charge is 2.26. The number of carbonyl (C=O) groups excluding carboxylic acids is 1. The summed E-state index contributed by atoms with van der Waals surface area (Å²) < 4.78 is 0. The van der Waals surface area contributed by atoms with E-state index >= 15 is 0 Å². The first-order chi connectivity index (χ1) is 5.66. The second-order valence-corrected chi connectivity index (χ2v) is 5.86. The van der Waals surface area contributed by atoms with Crippen molar-refractivity contribution in [1.29, 1.82) is 0 Å². The molecule has 0 unspecified atom stereocenters. The summed E-state index contributed by atoms with van der Waals surface area (Å²) in [4.78, 5) is 11.2. The predicted molar refractivity (Wildman–Crippen MR) is 60.1 cm³/mol. The van der Waals surface area contributed by atoms with Crippen LogP contribution in [0.25, 0.3) is 0 Å². The maximum Gasteiger partial charge on any atom is 0.231 e. The largest absolute Gasteiger partial charge is 0.350 e. The fourth-order valence-corrected chi connectivity index (χ4v) is 1.92. The first-order valence-electron chi connectivity index (χ1n) is 4.53. The third kappa shape index (κ3) is 7.05. The molecule has 0 aliphatic heterocycles. The zero-order chi connectivity index (χ0) is 10.7. The van der Waals surface area contributed by atoms with Crippen LogP contribution in [0.2, 0.25) is 0 Å². The topological polar surface area (TPSA) is 29.1 Å². The molecule has 78 valence electrons. The average molecular weight is 250 g/mol. The minimum atomic E-state index is -0.122. The molecule has 0 fully saturated rings. The van der Waals surface area contributed by atoms with Crippen LogP contribution in [0.1, 0.15) is 41.0 Å². The van der Waals surface area contributed by atoms with Crippen molar-refractivity contribution >= 4 is 21.8 Å². The van der Waals surface area contributed by atoms with Crippen LogP contribution in [0, 0.1) is 5.41 Å². The Balaban J connectivity index is 4.16. The Labute approximate surface area is 89.6 Å². The van der Waals surface area contributed by atoms with E-state index in [0.29, 0.717) is 5.33 Å². The Hall–Kier alpha value is -0.0500. The molecule has 13 heavy (non-hydrogen) atoms. The number of hydrogen-bond donors (Lipinski definition) is 1. The number of alkyl halides is 1. The van der Waals surface area contributed by atoms with E-state index in [4.69, 9.17) is 0 Å². The average Bonchev–Trinajstić information content (AvgIpc) is 1.80. The van der Waals surface area contributed by atoms with Crippen molar-refractivity contribution in [3.05, 3.63) is 0 Å². The van der Waals surface area contributed by atoms with Crippen LogP contribution in [0.3, 0.4) is 0 Å². The maximum absolute atomic E-state index is 11.2. The lowest BCUT2D eigenvalue weighted by Crippen LogP contribution is -2.46. The van der Waals surface area contributed by atoms with Gasteiger partial charge in [0.05, 0.1) is 5.33 Å². The predicted octanol–water partition coefficient (Wildman–Crippen LogP) is 2.71. The van der Waals surface area contributed by atoms with Gasteiger partial charge in [0.25, 0.3) is 0 Å². The van der Waals surface area contributed by atoms with E-state index in [1.165, 1.54) is 0 Å². The van der Waals surface area contributed by atoms with Gasteiger partial charge >= 0.3 is 0 Å². The van der Waals surface area contributed by atoms with Crippen molar-refractivity contribution in [1.82, 2.24) is 5.32 Å². The summed E-state index contributed by atoms with van der Waals surface area (Å²) in [6.07, 6.45) is 0.971. The highest BCUT2D eigenvalue weighted by molar-refractivity contribution is 9.09. The zero-order valence-corrected chi connectivity index (χ0v) is 10.8. The number of hydrogen-bond acceptors (Lipinski definition) is 1. The van der Waals surface area contributed by atoms with Crippen molar-refractivity contribution in [3.8, 4) is 0 Å². The Morgan fingerprint density at radius 1 is 1.23 bits per heavy atom. The fraction of sp³-hybridized carbons (Fsp3) is 0.900. The number of rotatable bonds is 3. The molecular weight excluding hydrogens is 230 g/mol. The van der Waals surface area contributed by atoms with Gasteiger partial charge in [0.1, 0.15) is 0 Å². The summed E-state index contributed by atoms with van der Waals surface area (Å²) in [7, 11) is 0. The summed E-state index contributed by atoms with van der Waals surface area (Å²) in [5.74, 6) is 0.0502. The molecule has 0 bridgehead atoms. The lowest BCUT2D eigenvalue weighted by atomic mass is 9.82. The van der Waals surface area contributed by atoms with E-state index in [1.54, 1.807) is 0 Å². The lowest BCUT2D eigenvalue weighted by molar-refractivity contribution is -0.120. The number of amides is 1. The summed E-state index contributed by atoms with van der Waals surface area (Å²) in [6.45, 7) is 10.6. The van der Waals surface area contributed by atoms with Crippen LogP contribution in [0.5, 0.6) is 0 Å². The Morgan fingerprint density at radius 3 is 2.00 bits per heavy atom. The normalized spacial score (nSPS) is 12.8. The first kappa shape index (κ1) is 12.9. The Morgan fingerprint density at radius 2 is 1.69 bits per heavy atom. The van der Waals surface area contributed by atoms with Gasteiger partial charge in [-0.25, -0.2) is 0 Å². The maximum atomic E-state index is 11.2. The monoisotopic (exact) mass is 249 g/mol. The number of nitrogens with one attached hydrogen (secondary N) is 1. The van der Waals surface area contributed by atoms with Crippen LogP contribution in [0.15, 0.2) is 0 Å². The summed E-state index contributed by atoms with van der Waals surface area (Å²) in [5.41, 5.74) is 0.117. The van der Waals surface area contributed by atoms with Gasteiger partial charge in [0, 0.05) is 5.54 Å². The quantitative estimate of drug-likeness (QED) is 0.766. The highest BCUT2D eigenvalue weighted by Crippen LogP contribution is 2.26. The molecule has 0 aromatic heterocycles.